The zero-order valence-electron chi connectivity index (χ0n) is 12.0. The van der Waals surface area contributed by atoms with Crippen LogP contribution < -0.4 is 5.32 Å². The highest BCUT2D eigenvalue weighted by molar-refractivity contribution is 6.30. The molecule has 1 fully saturated rings. The molecule has 3 unspecified atom stereocenters. The van der Waals surface area contributed by atoms with E-state index in [-0.39, 0.29) is 0 Å². The Morgan fingerprint density at radius 2 is 1.89 bits per heavy atom. The van der Waals surface area contributed by atoms with E-state index in [1.54, 1.807) is 0 Å². The van der Waals surface area contributed by atoms with Gasteiger partial charge in [0.25, 0.3) is 0 Å². The van der Waals surface area contributed by atoms with Gasteiger partial charge in [0, 0.05) is 23.7 Å². The van der Waals surface area contributed by atoms with E-state index in [1.807, 2.05) is 12.1 Å². The van der Waals surface area contributed by atoms with E-state index in [0.29, 0.717) is 24.1 Å². The summed E-state index contributed by atoms with van der Waals surface area (Å²) < 4.78 is 5.82. The predicted octanol–water partition coefficient (Wildman–Crippen LogP) is 4.19. The number of nitrogens with one attached hydrogen (secondary N) is 1. The van der Waals surface area contributed by atoms with Crippen molar-refractivity contribution < 1.29 is 4.74 Å². The molecule has 2 rings (SSSR count). The van der Waals surface area contributed by atoms with Crippen LogP contribution in [0.5, 0.6) is 0 Å². The van der Waals surface area contributed by atoms with Gasteiger partial charge in [-0.05, 0) is 43.4 Å². The molecule has 106 valence electrons. The zero-order chi connectivity index (χ0) is 13.8. The maximum atomic E-state index is 5.93. The van der Waals surface area contributed by atoms with Crippen LogP contribution in [-0.4, -0.2) is 18.8 Å². The maximum Gasteiger partial charge on any atom is 0.0612 e. The van der Waals surface area contributed by atoms with Crippen molar-refractivity contribution in [3.8, 4) is 0 Å². The highest BCUT2D eigenvalue weighted by atomic mass is 35.5. The Kier molecular flexibility index (Phi) is 5.26. The van der Waals surface area contributed by atoms with E-state index < -0.39 is 0 Å². The highest BCUT2D eigenvalue weighted by Crippen LogP contribution is 2.23. The predicted molar refractivity (Wildman–Crippen MR) is 80.6 cm³/mol. The van der Waals surface area contributed by atoms with Crippen molar-refractivity contribution in [3.63, 3.8) is 0 Å². The number of halogens is 1. The fourth-order valence-corrected chi connectivity index (χ4v) is 2.77. The Morgan fingerprint density at radius 3 is 2.53 bits per heavy atom. The third-order valence-corrected chi connectivity index (χ3v) is 4.17. The molecule has 3 heteroatoms. The second-order valence-corrected chi connectivity index (χ2v) is 6.25. The van der Waals surface area contributed by atoms with Crippen LogP contribution in [0.15, 0.2) is 24.3 Å². The lowest BCUT2D eigenvalue weighted by Gasteiger charge is -2.34. The van der Waals surface area contributed by atoms with Crippen LogP contribution in [0.3, 0.4) is 0 Å². The van der Waals surface area contributed by atoms with Gasteiger partial charge in [0.2, 0.25) is 0 Å². The molecule has 0 bridgehead atoms. The summed E-state index contributed by atoms with van der Waals surface area (Å²) in [6.45, 7) is 7.54. The Morgan fingerprint density at radius 1 is 1.21 bits per heavy atom. The number of hydrogen-bond acceptors (Lipinski definition) is 2. The molecule has 1 N–H and O–H groups in total. The first-order chi connectivity index (χ1) is 9.06. The van der Waals surface area contributed by atoms with E-state index in [4.69, 9.17) is 16.3 Å². The first-order valence-electron chi connectivity index (χ1n) is 7.19. The maximum absolute atomic E-state index is 5.93. The molecule has 1 aliphatic heterocycles. The molecule has 1 saturated heterocycles. The SMILES string of the molecule is CC(NC1CCOC(C(C)C)C1)c1ccc(Cl)cc1. The monoisotopic (exact) mass is 281 g/mol. The van der Waals surface area contributed by atoms with Crippen molar-refractivity contribution in [1.29, 1.82) is 0 Å². The van der Waals surface area contributed by atoms with Gasteiger partial charge in [-0.15, -0.1) is 0 Å². The summed E-state index contributed by atoms with van der Waals surface area (Å²) in [6.07, 6.45) is 2.60. The van der Waals surface area contributed by atoms with Gasteiger partial charge in [-0.3, -0.25) is 0 Å². The van der Waals surface area contributed by atoms with E-state index in [2.05, 4.69) is 38.2 Å². The normalized spacial score (nSPS) is 25.5. The van der Waals surface area contributed by atoms with Gasteiger partial charge in [-0.1, -0.05) is 37.6 Å². The molecule has 1 heterocycles. The van der Waals surface area contributed by atoms with Crippen LogP contribution >= 0.6 is 11.6 Å². The largest absolute Gasteiger partial charge is 0.378 e. The lowest BCUT2D eigenvalue weighted by atomic mass is 9.94. The van der Waals surface area contributed by atoms with Crippen molar-refractivity contribution in [2.75, 3.05) is 6.61 Å². The molecule has 0 aliphatic carbocycles. The number of hydrogen-bond donors (Lipinski definition) is 1. The van der Waals surface area contributed by atoms with E-state index >= 15 is 0 Å². The summed E-state index contributed by atoms with van der Waals surface area (Å²) >= 11 is 5.93. The molecule has 1 aliphatic rings. The Balaban J connectivity index is 1.91. The quantitative estimate of drug-likeness (QED) is 0.893. The first kappa shape index (κ1) is 14.8. The third-order valence-electron chi connectivity index (χ3n) is 3.91. The van der Waals surface area contributed by atoms with Gasteiger partial charge in [0.05, 0.1) is 6.10 Å². The lowest BCUT2D eigenvalue weighted by Crippen LogP contribution is -2.41. The molecule has 2 nitrogen and oxygen atoms in total. The minimum Gasteiger partial charge on any atom is -0.378 e. The van der Waals surface area contributed by atoms with E-state index in [9.17, 15) is 0 Å². The van der Waals surface area contributed by atoms with E-state index in [1.165, 1.54) is 5.56 Å². The second kappa shape index (κ2) is 6.74. The van der Waals surface area contributed by atoms with E-state index in [0.717, 1.165) is 24.5 Å². The van der Waals surface area contributed by atoms with Crippen molar-refractivity contribution in [3.05, 3.63) is 34.9 Å². The summed E-state index contributed by atoms with van der Waals surface area (Å²) in [4.78, 5) is 0. The summed E-state index contributed by atoms with van der Waals surface area (Å²) in [6, 6.07) is 9.00. The molecule has 3 atom stereocenters. The highest BCUT2D eigenvalue weighted by Gasteiger charge is 2.25. The van der Waals surface area contributed by atoms with Crippen molar-refractivity contribution in [1.82, 2.24) is 5.32 Å². The molecule has 0 aromatic heterocycles. The van der Waals surface area contributed by atoms with Gasteiger partial charge >= 0.3 is 0 Å². The molecule has 0 spiro atoms. The van der Waals surface area contributed by atoms with Crippen LogP contribution in [0.2, 0.25) is 5.02 Å². The number of rotatable bonds is 4. The number of ether oxygens (including phenoxy) is 1. The third kappa shape index (κ3) is 4.20. The van der Waals surface area contributed by atoms with Gasteiger partial charge in [0.15, 0.2) is 0 Å². The van der Waals surface area contributed by atoms with Crippen molar-refractivity contribution in [2.24, 2.45) is 5.92 Å². The zero-order valence-corrected chi connectivity index (χ0v) is 12.8. The number of benzene rings is 1. The van der Waals surface area contributed by atoms with Crippen molar-refractivity contribution in [2.45, 2.75) is 51.8 Å². The summed E-state index contributed by atoms with van der Waals surface area (Å²) in [7, 11) is 0. The van der Waals surface area contributed by atoms with Gasteiger partial charge in [-0.2, -0.15) is 0 Å². The lowest BCUT2D eigenvalue weighted by molar-refractivity contribution is -0.0256. The topological polar surface area (TPSA) is 21.3 Å². The first-order valence-corrected chi connectivity index (χ1v) is 7.57. The average Bonchev–Trinajstić information content (AvgIpc) is 2.39. The molecular weight excluding hydrogens is 258 g/mol. The van der Waals surface area contributed by atoms with Crippen LogP contribution in [0, 0.1) is 5.92 Å². The molecule has 19 heavy (non-hydrogen) atoms. The smallest absolute Gasteiger partial charge is 0.0612 e. The summed E-state index contributed by atoms with van der Waals surface area (Å²) in [5.41, 5.74) is 1.29. The Labute approximate surface area is 121 Å². The molecule has 0 saturated carbocycles. The molecular formula is C16H24ClNO. The summed E-state index contributed by atoms with van der Waals surface area (Å²) in [5, 5.41) is 4.51. The fourth-order valence-electron chi connectivity index (χ4n) is 2.65. The van der Waals surface area contributed by atoms with Crippen LogP contribution in [0.1, 0.15) is 45.2 Å². The van der Waals surface area contributed by atoms with Gasteiger partial charge < -0.3 is 10.1 Å². The van der Waals surface area contributed by atoms with Gasteiger partial charge in [0.1, 0.15) is 0 Å². The molecule has 0 radical (unpaired) electrons. The second-order valence-electron chi connectivity index (χ2n) is 5.81. The standard InChI is InChI=1S/C16H24ClNO/c1-11(2)16-10-15(8-9-19-16)18-12(3)13-4-6-14(17)7-5-13/h4-7,11-12,15-16,18H,8-10H2,1-3H3. The van der Waals surface area contributed by atoms with Gasteiger partial charge in [-0.25, -0.2) is 0 Å². The van der Waals surface area contributed by atoms with Crippen LogP contribution in [0.4, 0.5) is 0 Å². The van der Waals surface area contributed by atoms with Crippen LogP contribution in [-0.2, 0) is 4.74 Å². The molecule has 1 aromatic carbocycles. The minimum absolute atomic E-state index is 0.355. The van der Waals surface area contributed by atoms with Crippen LogP contribution in [0.25, 0.3) is 0 Å². The average molecular weight is 282 g/mol. The Hall–Kier alpha value is -0.570. The minimum atomic E-state index is 0.355. The molecule has 0 amide bonds. The summed E-state index contributed by atoms with van der Waals surface area (Å²) in [5.74, 6) is 0.593. The Bertz CT molecular complexity index is 390. The fraction of sp³-hybridized carbons (Fsp3) is 0.625. The van der Waals surface area contributed by atoms with Crippen molar-refractivity contribution >= 4 is 11.6 Å². The molecule has 1 aromatic rings.